The Kier molecular flexibility index (Phi) is 5.23. The average molecular weight is 383 g/mol. The molecule has 0 bridgehead atoms. The molecular weight excluding hydrogens is 368 g/mol. The number of rotatable bonds is 5. The van der Waals surface area contributed by atoms with Gasteiger partial charge >= 0.3 is 0 Å². The van der Waals surface area contributed by atoms with E-state index in [0.717, 1.165) is 20.8 Å². The Hall–Kier alpha value is -2.66. The molecule has 0 atom stereocenters. The zero-order chi connectivity index (χ0) is 16.8. The zero-order valence-corrected chi connectivity index (χ0v) is 14.4. The number of ether oxygens (including phenoxy) is 1. The third kappa shape index (κ3) is 4.20. The van der Waals surface area contributed by atoms with E-state index in [1.54, 1.807) is 6.21 Å². The largest absolute Gasteiger partial charge is 0.484 e. The lowest BCUT2D eigenvalue weighted by atomic mass is 10.1. The number of halogens is 1. The van der Waals surface area contributed by atoms with Crippen LogP contribution in [-0.2, 0) is 4.79 Å². The molecule has 0 unspecified atom stereocenters. The van der Waals surface area contributed by atoms with Gasteiger partial charge in [-0.05, 0) is 29.0 Å². The normalized spacial score (nSPS) is 10.9. The molecule has 0 saturated carbocycles. The first kappa shape index (κ1) is 16.2. The van der Waals surface area contributed by atoms with Crippen LogP contribution in [0, 0.1) is 0 Å². The van der Waals surface area contributed by atoms with Crippen molar-refractivity contribution >= 4 is 38.8 Å². The molecule has 3 rings (SSSR count). The lowest BCUT2D eigenvalue weighted by Crippen LogP contribution is -2.24. The quantitative estimate of drug-likeness (QED) is 0.532. The number of benzene rings is 3. The topological polar surface area (TPSA) is 50.7 Å². The fraction of sp³-hybridized carbons (Fsp3) is 0.0526. The number of carbonyl (C=O) groups excluding carboxylic acids is 1. The van der Waals surface area contributed by atoms with Crippen molar-refractivity contribution in [1.29, 1.82) is 0 Å². The minimum atomic E-state index is -0.313. The standard InChI is InChI=1S/C19H15BrN2O2/c20-18-8-4-3-7-16(18)12-21-22-19(23)13-24-17-10-9-14-5-1-2-6-15(14)11-17/h1-12H,13H2,(H,22,23)/b21-12-. The zero-order valence-electron chi connectivity index (χ0n) is 12.8. The van der Waals surface area contributed by atoms with Gasteiger partial charge in [-0.15, -0.1) is 0 Å². The molecule has 0 aliphatic carbocycles. The maximum absolute atomic E-state index is 11.8. The monoisotopic (exact) mass is 382 g/mol. The van der Waals surface area contributed by atoms with Gasteiger partial charge < -0.3 is 4.74 Å². The van der Waals surface area contributed by atoms with Crippen LogP contribution >= 0.6 is 15.9 Å². The molecule has 120 valence electrons. The van der Waals surface area contributed by atoms with Crippen molar-refractivity contribution in [2.75, 3.05) is 6.61 Å². The summed E-state index contributed by atoms with van der Waals surface area (Å²) >= 11 is 3.42. The van der Waals surface area contributed by atoms with Crippen LogP contribution in [0.4, 0.5) is 0 Å². The van der Waals surface area contributed by atoms with Gasteiger partial charge in [0.05, 0.1) is 6.21 Å². The lowest BCUT2D eigenvalue weighted by molar-refractivity contribution is -0.123. The molecule has 0 aliphatic heterocycles. The molecule has 0 aromatic heterocycles. The third-order valence-electron chi connectivity index (χ3n) is 3.39. The number of hydrogen-bond acceptors (Lipinski definition) is 3. The summed E-state index contributed by atoms with van der Waals surface area (Å²) in [5.74, 6) is 0.338. The summed E-state index contributed by atoms with van der Waals surface area (Å²) in [5, 5.41) is 6.13. The van der Waals surface area contributed by atoms with Crippen LogP contribution in [-0.4, -0.2) is 18.7 Å². The number of nitrogens with one attached hydrogen (secondary N) is 1. The fourth-order valence-electron chi connectivity index (χ4n) is 2.19. The molecule has 24 heavy (non-hydrogen) atoms. The van der Waals surface area contributed by atoms with E-state index in [1.165, 1.54) is 0 Å². The number of hydrogen-bond donors (Lipinski definition) is 1. The SMILES string of the molecule is O=C(COc1ccc2ccccc2c1)N/N=C\c1ccccc1Br. The van der Waals surface area contributed by atoms with E-state index in [9.17, 15) is 4.79 Å². The maximum atomic E-state index is 11.8. The Bertz CT molecular complexity index is 893. The fourth-order valence-corrected chi connectivity index (χ4v) is 2.58. The Balaban J connectivity index is 1.54. The molecule has 0 aliphatic rings. The van der Waals surface area contributed by atoms with Crippen molar-refractivity contribution < 1.29 is 9.53 Å². The third-order valence-corrected chi connectivity index (χ3v) is 4.11. The van der Waals surface area contributed by atoms with Gasteiger partial charge in [0.1, 0.15) is 5.75 Å². The van der Waals surface area contributed by atoms with Gasteiger partial charge in [0, 0.05) is 10.0 Å². The van der Waals surface area contributed by atoms with Crippen LogP contribution in [0.25, 0.3) is 10.8 Å². The van der Waals surface area contributed by atoms with Gasteiger partial charge in [-0.2, -0.15) is 5.10 Å². The van der Waals surface area contributed by atoms with Gasteiger partial charge in [-0.25, -0.2) is 5.43 Å². The smallest absolute Gasteiger partial charge is 0.277 e. The minimum Gasteiger partial charge on any atom is -0.484 e. The van der Waals surface area contributed by atoms with E-state index < -0.39 is 0 Å². The summed E-state index contributed by atoms with van der Waals surface area (Å²) < 4.78 is 6.42. The van der Waals surface area contributed by atoms with E-state index in [0.29, 0.717) is 5.75 Å². The predicted octanol–water partition coefficient (Wildman–Crippen LogP) is 4.13. The summed E-state index contributed by atoms with van der Waals surface area (Å²) in [7, 11) is 0. The summed E-state index contributed by atoms with van der Waals surface area (Å²) in [5.41, 5.74) is 3.33. The molecule has 0 saturated heterocycles. The number of hydrazone groups is 1. The Morgan fingerprint density at radius 2 is 1.79 bits per heavy atom. The van der Waals surface area contributed by atoms with Crippen LogP contribution < -0.4 is 10.2 Å². The van der Waals surface area contributed by atoms with Crippen molar-refractivity contribution in [1.82, 2.24) is 5.43 Å². The van der Waals surface area contributed by atoms with Crippen molar-refractivity contribution in [2.24, 2.45) is 5.10 Å². The summed E-state index contributed by atoms with van der Waals surface area (Å²) in [6.45, 7) is -0.0916. The molecule has 3 aromatic rings. The Morgan fingerprint density at radius 3 is 2.62 bits per heavy atom. The summed E-state index contributed by atoms with van der Waals surface area (Å²) in [6, 6.07) is 21.3. The number of carbonyl (C=O) groups is 1. The van der Waals surface area contributed by atoms with Gasteiger partial charge in [0.15, 0.2) is 6.61 Å². The van der Waals surface area contributed by atoms with E-state index >= 15 is 0 Å². The van der Waals surface area contributed by atoms with Crippen molar-refractivity contribution in [3.8, 4) is 5.75 Å². The van der Waals surface area contributed by atoms with Crippen molar-refractivity contribution in [3.63, 3.8) is 0 Å². The second-order valence-electron chi connectivity index (χ2n) is 5.11. The predicted molar refractivity (Wildman–Crippen MR) is 99.3 cm³/mol. The second kappa shape index (κ2) is 7.75. The Labute approximate surface area is 148 Å². The van der Waals surface area contributed by atoms with Crippen molar-refractivity contribution in [2.45, 2.75) is 0 Å². The highest BCUT2D eigenvalue weighted by atomic mass is 79.9. The molecule has 4 nitrogen and oxygen atoms in total. The maximum Gasteiger partial charge on any atom is 0.277 e. The highest BCUT2D eigenvalue weighted by Crippen LogP contribution is 2.20. The molecule has 0 fully saturated rings. The van der Waals surface area contributed by atoms with E-state index in [1.807, 2.05) is 66.7 Å². The average Bonchev–Trinajstić information content (AvgIpc) is 2.61. The van der Waals surface area contributed by atoms with E-state index in [4.69, 9.17) is 4.74 Å². The van der Waals surface area contributed by atoms with Crippen LogP contribution in [0.1, 0.15) is 5.56 Å². The van der Waals surface area contributed by atoms with Crippen LogP contribution in [0.3, 0.4) is 0 Å². The van der Waals surface area contributed by atoms with E-state index in [2.05, 4.69) is 26.5 Å². The first-order chi connectivity index (χ1) is 11.7. The molecule has 5 heteroatoms. The highest BCUT2D eigenvalue weighted by molar-refractivity contribution is 9.10. The molecule has 0 spiro atoms. The molecule has 0 heterocycles. The number of amides is 1. The van der Waals surface area contributed by atoms with Gasteiger partial charge in [-0.3, -0.25) is 4.79 Å². The molecule has 0 radical (unpaired) electrons. The minimum absolute atomic E-state index is 0.0916. The lowest BCUT2D eigenvalue weighted by Gasteiger charge is -2.06. The first-order valence-electron chi connectivity index (χ1n) is 7.40. The van der Waals surface area contributed by atoms with Gasteiger partial charge in [0.2, 0.25) is 0 Å². The Morgan fingerprint density at radius 1 is 1.04 bits per heavy atom. The van der Waals surface area contributed by atoms with Crippen LogP contribution in [0.15, 0.2) is 76.3 Å². The van der Waals surface area contributed by atoms with Crippen LogP contribution in [0.2, 0.25) is 0 Å². The molecular formula is C19H15BrN2O2. The highest BCUT2D eigenvalue weighted by Gasteiger charge is 2.02. The molecule has 3 aromatic carbocycles. The second-order valence-corrected chi connectivity index (χ2v) is 5.97. The number of fused-ring (bicyclic) bond motifs is 1. The van der Waals surface area contributed by atoms with E-state index in [-0.39, 0.29) is 12.5 Å². The van der Waals surface area contributed by atoms with Gasteiger partial charge in [0.25, 0.3) is 5.91 Å². The van der Waals surface area contributed by atoms with Crippen molar-refractivity contribution in [3.05, 3.63) is 76.8 Å². The first-order valence-corrected chi connectivity index (χ1v) is 8.20. The summed E-state index contributed by atoms with van der Waals surface area (Å²) in [4.78, 5) is 11.8. The van der Waals surface area contributed by atoms with Gasteiger partial charge in [-0.1, -0.05) is 64.5 Å². The molecule has 1 amide bonds. The number of nitrogens with zero attached hydrogens (tertiary/aromatic N) is 1. The molecule has 1 N–H and O–H groups in total. The summed E-state index contributed by atoms with van der Waals surface area (Å²) in [6.07, 6.45) is 1.58. The van der Waals surface area contributed by atoms with Crippen LogP contribution in [0.5, 0.6) is 5.75 Å².